The van der Waals surface area contributed by atoms with E-state index >= 15 is 0 Å². The van der Waals surface area contributed by atoms with Crippen LogP contribution in [0, 0.1) is 18.3 Å². The van der Waals surface area contributed by atoms with E-state index in [1.54, 1.807) is 19.1 Å². The zero-order valence-electron chi connectivity index (χ0n) is 7.39. The van der Waals surface area contributed by atoms with Crippen molar-refractivity contribution < 1.29 is 8.78 Å². The molecule has 14 heavy (non-hydrogen) atoms. The molecule has 0 spiro atoms. The first kappa shape index (κ1) is 11.1. The van der Waals surface area contributed by atoms with Gasteiger partial charge in [0.25, 0.3) is 6.43 Å². The van der Waals surface area contributed by atoms with Gasteiger partial charge in [-0.1, -0.05) is 15.9 Å². The average molecular weight is 261 g/mol. The number of nitriles is 1. The summed E-state index contributed by atoms with van der Waals surface area (Å²) in [7, 11) is 0. The second-order valence-electron chi connectivity index (χ2n) is 2.73. The first-order valence-electron chi connectivity index (χ1n) is 3.84. The molecule has 1 rings (SSSR count). The smallest absolute Gasteiger partial charge is 0.251 e. The molecule has 2 nitrogen and oxygen atoms in total. The maximum absolute atomic E-state index is 12.5. The average Bonchev–Trinajstić information content (AvgIpc) is 2.16. The number of aryl methyl sites for hydroxylation is 1. The van der Waals surface area contributed by atoms with Crippen molar-refractivity contribution in [1.82, 2.24) is 4.98 Å². The zero-order chi connectivity index (χ0) is 10.7. The lowest BCUT2D eigenvalue weighted by Gasteiger charge is -2.07. The summed E-state index contributed by atoms with van der Waals surface area (Å²) in [6, 6.07) is 3.38. The van der Waals surface area contributed by atoms with Crippen molar-refractivity contribution in [3.05, 3.63) is 28.6 Å². The summed E-state index contributed by atoms with van der Waals surface area (Å²) >= 11 is 3.14. The van der Waals surface area contributed by atoms with Crippen molar-refractivity contribution in [2.75, 3.05) is 0 Å². The van der Waals surface area contributed by atoms with Crippen molar-refractivity contribution in [1.29, 1.82) is 5.26 Å². The summed E-state index contributed by atoms with van der Waals surface area (Å²) in [5, 5.41) is 9.10. The summed E-state index contributed by atoms with van der Waals surface area (Å²) < 4.78 is 25.0. The molecule has 0 radical (unpaired) electrons. The van der Waals surface area contributed by atoms with Gasteiger partial charge in [0.05, 0.1) is 5.56 Å². The highest BCUT2D eigenvalue weighted by Gasteiger charge is 2.18. The normalized spacial score (nSPS) is 10.3. The van der Waals surface area contributed by atoms with Crippen molar-refractivity contribution >= 4 is 15.9 Å². The molecule has 0 aliphatic rings. The third kappa shape index (κ3) is 2.07. The number of pyridine rings is 1. The lowest BCUT2D eigenvalue weighted by atomic mass is 10.1. The maximum Gasteiger partial charge on any atom is 0.281 e. The highest BCUT2D eigenvalue weighted by molar-refractivity contribution is 9.08. The highest BCUT2D eigenvalue weighted by Crippen LogP contribution is 2.24. The van der Waals surface area contributed by atoms with Crippen LogP contribution in [0.3, 0.4) is 0 Å². The molecule has 0 aliphatic carbocycles. The molecule has 5 heteroatoms. The van der Waals surface area contributed by atoms with Crippen LogP contribution < -0.4 is 0 Å². The van der Waals surface area contributed by atoms with E-state index in [4.69, 9.17) is 5.26 Å². The van der Waals surface area contributed by atoms with Crippen LogP contribution in [0.15, 0.2) is 6.07 Å². The lowest BCUT2D eigenvalue weighted by Crippen LogP contribution is -2.01. The minimum absolute atomic E-state index is 0.0255. The summed E-state index contributed by atoms with van der Waals surface area (Å²) in [4.78, 5) is 3.66. The van der Waals surface area contributed by atoms with Gasteiger partial charge in [-0.15, -0.1) is 0 Å². The fourth-order valence-electron chi connectivity index (χ4n) is 1.16. The Kier molecular flexibility index (Phi) is 3.53. The van der Waals surface area contributed by atoms with E-state index in [9.17, 15) is 8.78 Å². The first-order chi connectivity index (χ1) is 6.60. The molecule has 0 saturated heterocycles. The molecular weight excluding hydrogens is 254 g/mol. The minimum Gasteiger partial charge on any atom is -0.251 e. The zero-order valence-corrected chi connectivity index (χ0v) is 8.98. The fraction of sp³-hybridized carbons (Fsp3) is 0.333. The standard InChI is InChI=1S/C9H7BrF2N2/c1-5-2-6(3-10)7(4-13)8(14-5)9(11)12/h2,9H,3H2,1H3. The Balaban J connectivity index is 3.41. The summed E-state index contributed by atoms with van der Waals surface area (Å²) in [5.41, 5.74) is 0.591. The molecule has 0 unspecified atom stereocenters. The van der Waals surface area contributed by atoms with E-state index in [-0.39, 0.29) is 5.56 Å². The van der Waals surface area contributed by atoms with Gasteiger partial charge in [-0.2, -0.15) is 5.26 Å². The third-order valence-electron chi connectivity index (χ3n) is 1.72. The number of nitrogens with zero attached hydrogens (tertiary/aromatic N) is 2. The number of aromatic nitrogens is 1. The molecule has 0 bridgehead atoms. The second kappa shape index (κ2) is 4.47. The largest absolute Gasteiger partial charge is 0.281 e. The molecular formula is C9H7BrF2N2. The molecule has 0 N–H and O–H groups in total. The van der Waals surface area contributed by atoms with Crippen molar-refractivity contribution in [3.63, 3.8) is 0 Å². The van der Waals surface area contributed by atoms with Crippen LogP contribution >= 0.6 is 15.9 Å². The molecule has 0 amide bonds. The summed E-state index contributed by atoms with van der Waals surface area (Å²) in [6.07, 6.45) is -2.71. The Morgan fingerprint density at radius 3 is 2.71 bits per heavy atom. The molecule has 1 aromatic heterocycles. The molecule has 0 atom stereocenters. The Bertz CT molecular complexity index is 385. The molecule has 0 aliphatic heterocycles. The van der Waals surface area contributed by atoms with Gasteiger partial charge < -0.3 is 0 Å². The van der Waals surface area contributed by atoms with Crippen molar-refractivity contribution in [2.24, 2.45) is 0 Å². The van der Waals surface area contributed by atoms with Gasteiger partial charge in [-0.05, 0) is 18.6 Å². The lowest BCUT2D eigenvalue weighted by molar-refractivity contribution is 0.145. The number of hydrogen-bond acceptors (Lipinski definition) is 2. The second-order valence-corrected chi connectivity index (χ2v) is 3.29. The number of halogens is 3. The maximum atomic E-state index is 12.5. The van der Waals surface area contributed by atoms with Crippen LogP contribution in [0.5, 0.6) is 0 Å². The molecule has 0 aromatic carbocycles. The predicted octanol–water partition coefficient (Wildman–Crippen LogP) is 3.09. The monoisotopic (exact) mass is 260 g/mol. The molecule has 0 saturated carbocycles. The molecule has 1 heterocycles. The Labute approximate surface area is 88.7 Å². The van der Waals surface area contributed by atoms with Crippen LogP contribution in [0.25, 0.3) is 0 Å². The van der Waals surface area contributed by atoms with Crippen LogP contribution in [0.4, 0.5) is 8.78 Å². The van der Waals surface area contributed by atoms with Gasteiger partial charge in [-0.25, -0.2) is 8.78 Å². The van der Waals surface area contributed by atoms with E-state index in [2.05, 4.69) is 20.9 Å². The third-order valence-corrected chi connectivity index (χ3v) is 2.32. The predicted molar refractivity (Wildman–Crippen MR) is 51.3 cm³/mol. The Hall–Kier alpha value is -1.02. The Morgan fingerprint density at radius 2 is 2.29 bits per heavy atom. The summed E-state index contributed by atoms with van der Waals surface area (Å²) in [6.45, 7) is 1.62. The van der Waals surface area contributed by atoms with Crippen molar-refractivity contribution in [3.8, 4) is 6.07 Å². The number of hydrogen-bond donors (Lipinski definition) is 0. The SMILES string of the molecule is Cc1cc(CBr)c(C#N)c(C(F)F)n1. The fourth-order valence-corrected chi connectivity index (χ4v) is 1.60. The van der Waals surface area contributed by atoms with E-state index in [0.29, 0.717) is 16.6 Å². The first-order valence-corrected chi connectivity index (χ1v) is 4.97. The van der Waals surface area contributed by atoms with Crippen LogP contribution in [0.1, 0.15) is 28.9 Å². The quantitative estimate of drug-likeness (QED) is 0.767. The Morgan fingerprint density at radius 1 is 1.64 bits per heavy atom. The number of alkyl halides is 3. The van der Waals surface area contributed by atoms with E-state index in [1.165, 1.54) is 0 Å². The molecule has 74 valence electrons. The van der Waals surface area contributed by atoms with E-state index in [1.807, 2.05) is 0 Å². The van der Waals surface area contributed by atoms with Gasteiger partial charge in [-0.3, -0.25) is 4.98 Å². The van der Waals surface area contributed by atoms with E-state index in [0.717, 1.165) is 0 Å². The van der Waals surface area contributed by atoms with Crippen LogP contribution in [-0.2, 0) is 5.33 Å². The number of rotatable bonds is 2. The van der Waals surface area contributed by atoms with E-state index < -0.39 is 12.1 Å². The van der Waals surface area contributed by atoms with Crippen LogP contribution in [-0.4, -0.2) is 4.98 Å². The topological polar surface area (TPSA) is 36.7 Å². The van der Waals surface area contributed by atoms with Gasteiger partial charge in [0.1, 0.15) is 11.8 Å². The van der Waals surface area contributed by atoms with Gasteiger partial charge in [0.2, 0.25) is 0 Å². The molecule has 1 aromatic rings. The van der Waals surface area contributed by atoms with Crippen molar-refractivity contribution in [2.45, 2.75) is 18.7 Å². The minimum atomic E-state index is -2.71. The highest BCUT2D eigenvalue weighted by atomic mass is 79.9. The summed E-state index contributed by atoms with van der Waals surface area (Å²) in [5.74, 6) is 0. The van der Waals surface area contributed by atoms with Crippen LogP contribution in [0.2, 0.25) is 0 Å². The van der Waals surface area contributed by atoms with Gasteiger partial charge in [0.15, 0.2) is 0 Å². The van der Waals surface area contributed by atoms with Gasteiger partial charge >= 0.3 is 0 Å². The van der Waals surface area contributed by atoms with Gasteiger partial charge in [0, 0.05) is 11.0 Å². The molecule has 0 fully saturated rings.